The second-order valence-corrected chi connectivity index (χ2v) is 14.2. The number of carbonyl (C=O) groups excluding carboxylic acids is 2. The zero-order valence-corrected chi connectivity index (χ0v) is 29.4. The minimum Gasteiger partial charge on any atom is -0.492 e. The van der Waals surface area contributed by atoms with Gasteiger partial charge in [0.05, 0.1) is 17.1 Å². The number of aryl methyl sites for hydroxylation is 1. The fraction of sp³-hybridized carbons (Fsp3) is 0.378. The number of benzene rings is 3. The monoisotopic (exact) mass is 769 g/mol. The van der Waals surface area contributed by atoms with Gasteiger partial charge in [-0.05, 0) is 88.5 Å². The second kappa shape index (κ2) is 15.6. The minimum absolute atomic E-state index is 0.00736. The Bertz CT molecular complexity index is 1790. The summed E-state index contributed by atoms with van der Waals surface area (Å²) in [7, 11) is 0. The number of halogens is 3. The van der Waals surface area contributed by atoms with Crippen LogP contribution in [-0.4, -0.2) is 92.9 Å². The summed E-state index contributed by atoms with van der Waals surface area (Å²) >= 11 is 9.89. The van der Waals surface area contributed by atoms with Crippen molar-refractivity contribution in [2.24, 2.45) is 0 Å². The average Bonchev–Trinajstić information content (AvgIpc) is 3.95. The maximum absolute atomic E-state index is 14.7. The molecule has 2 amide bonds. The van der Waals surface area contributed by atoms with Crippen molar-refractivity contribution in [3.8, 4) is 5.75 Å². The number of rotatable bonds is 13. The van der Waals surface area contributed by atoms with Gasteiger partial charge in [-0.25, -0.2) is 9.18 Å². The lowest BCUT2D eigenvalue weighted by Gasteiger charge is -2.45. The predicted molar refractivity (Wildman–Crippen MR) is 188 cm³/mol. The Morgan fingerprint density at radius 2 is 1.78 bits per heavy atom. The Balaban J connectivity index is 1.25. The topological polar surface area (TPSA) is 140 Å². The number of piperazine rings is 1. The van der Waals surface area contributed by atoms with Gasteiger partial charge in [0.15, 0.2) is 12.2 Å². The molecule has 1 saturated heterocycles. The quantitative estimate of drug-likeness (QED) is 0.186. The van der Waals surface area contributed by atoms with Crippen molar-refractivity contribution in [1.29, 1.82) is 0 Å². The Kier molecular flexibility index (Phi) is 11.2. The van der Waals surface area contributed by atoms with Gasteiger partial charge in [0, 0.05) is 48.4 Å². The lowest BCUT2D eigenvalue weighted by Crippen LogP contribution is -2.64. The first-order valence-electron chi connectivity index (χ1n) is 16.6. The van der Waals surface area contributed by atoms with E-state index in [0.717, 1.165) is 41.5 Å². The third-order valence-electron chi connectivity index (χ3n) is 9.36. The van der Waals surface area contributed by atoms with E-state index >= 15 is 0 Å². The predicted octanol–water partition coefficient (Wildman–Crippen LogP) is 4.58. The molecule has 4 atom stereocenters. The van der Waals surface area contributed by atoms with Crippen LogP contribution in [0.25, 0.3) is 5.57 Å². The molecule has 1 aliphatic carbocycles. The molecule has 3 aliphatic rings. The molecule has 3 aromatic rings. The summed E-state index contributed by atoms with van der Waals surface area (Å²) in [5.41, 5.74) is 4.13. The van der Waals surface area contributed by atoms with E-state index in [-0.39, 0.29) is 36.9 Å². The van der Waals surface area contributed by atoms with E-state index in [9.17, 15) is 29.0 Å². The highest BCUT2D eigenvalue weighted by Gasteiger charge is 2.45. The van der Waals surface area contributed by atoms with Crippen molar-refractivity contribution in [1.82, 2.24) is 15.1 Å². The highest BCUT2D eigenvalue weighted by Crippen LogP contribution is 2.38. The van der Waals surface area contributed by atoms with Gasteiger partial charge in [-0.1, -0.05) is 54.1 Å². The van der Waals surface area contributed by atoms with Gasteiger partial charge in [-0.2, -0.15) is 0 Å². The van der Waals surface area contributed by atoms with Crippen LogP contribution in [-0.2, 0) is 27.3 Å². The first-order chi connectivity index (χ1) is 24.0. The number of aliphatic hydroxyl groups is 2. The molecule has 3 aromatic carbocycles. The average molecular weight is 771 g/mol. The van der Waals surface area contributed by atoms with Crippen LogP contribution in [0.5, 0.6) is 5.75 Å². The van der Waals surface area contributed by atoms with Gasteiger partial charge >= 0.3 is 5.97 Å². The number of hydrogen-bond donors (Lipinski definition) is 4. The van der Waals surface area contributed by atoms with Crippen molar-refractivity contribution in [3.05, 3.63) is 104 Å². The zero-order valence-electron chi connectivity index (χ0n) is 27.1. The number of ether oxygens (including phenoxy) is 1. The molecule has 2 aliphatic heterocycles. The zero-order chi connectivity index (χ0) is 35.5. The van der Waals surface area contributed by atoms with Crippen LogP contribution in [0, 0.1) is 5.82 Å². The van der Waals surface area contributed by atoms with Crippen molar-refractivity contribution < 1.29 is 38.8 Å². The summed E-state index contributed by atoms with van der Waals surface area (Å²) in [6.45, 7) is 0.885. The molecular formula is C37H38BrClFN3O7. The number of fused-ring (bicyclic) bond motifs is 2. The molecule has 6 rings (SSSR count). The fourth-order valence-electron chi connectivity index (χ4n) is 6.64. The molecule has 10 nitrogen and oxygen atoms in total. The van der Waals surface area contributed by atoms with Crippen LogP contribution in [0.3, 0.4) is 0 Å². The van der Waals surface area contributed by atoms with Crippen LogP contribution in [0.1, 0.15) is 42.4 Å². The summed E-state index contributed by atoms with van der Waals surface area (Å²) in [5, 5.41) is 33.4. The number of nitrogens with zero attached hydrogens (tertiary/aromatic N) is 2. The molecule has 1 saturated carbocycles. The van der Waals surface area contributed by atoms with Crippen molar-refractivity contribution in [3.63, 3.8) is 0 Å². The third-order valence-corrected chi connectivity index (χ3v) is 10.4. The normalized spacial score (nSPS) is 19.9. The van der Waals surface area contributed by atoms with E-state index in [1.165, 1.54) is 17.0 Å². The molecular weight excluding hydrogens is 733 g/mol. The van der Waals surface area contributed by atoms with E-state index in [2.05, 4.69) is 21.2 Å². The molecule has 2 fully saturated rings. The Morgan fingerprint density at radius 1 is 1.04 bits per heavy atom. The molecule has 264 valence electrons. The number of carboxylic acid groups (broad SMARTS) is 1. The molecule has 50 heavy (non-hydrogen) atoms. The fourth-order valence-corrected chi connectivity index (χ4v) is 7.20. The molecule has 0 radical (unpaired) electrons. The SMILES string of the molecule is O=C(O)C(O)[C@@H](O)C(=O)N1C[C@H]2CC(c3ccc(CCCOc4cc(F)ccc4Br)cc3)=C(C(=O)N(Cc3ccccc3Cl)C3CC3)[C@@H](C1)N2. The number of amides is 2. The van der Waals surface area contributed by atoms with E-state index < -0.39 is 30.1 Å². The Morgan fingerprint density at radius 3 is 2.48 bits per heavy atom. The van der Waals surface area contributed by atoms with Crippen LogP contribution in [0.15, 0.2) is 76.8 Å². The van der Waals surface area contributed by atoms with Gasteiger partial charge in [-0.3, -0.25) is 9.59 Å². The van der Waals surface area contributed by atoms with E-state index in [1.807, 2.05) is 47.4 Å². The van der Waals surface area contributed by atoms with Crippen LogP contribution in [0.2, 0.25) is 5.02 Å². The first-order valence-corrected chi connectivity index (χ1v) is 17.8. The van der Waals surface area contributed by atoms with Crippen LogP contribution < -0.4 is 10.1 Å². The Labute approximate surface area is 302 Å². The van der Waals surface area contributed by atoms with Gasteiger partial charge in [0.1, 0.15) is 11.6 Å². The number of aliphatic hydroxyl groups excluding tert-OH is 2. The number of carboxylic acids is 1. The largest absolute Gasteiger partial charge is 0.492 e. The lowest BCUT2D eigenvalue weighted by molar-refractivity contribution is -0.163. The summed E-state index contributed by atoms with van der Waals surface area (Å²) in [5.74, 6) is -2.70. The van der Waals surface area contributed by atoms with Gasteiger partial charge in [-0.15, -0.1) is 0 Å². The highest BCUT2D eigenvalue weighted by molar-refractivity contribution is 9.10. The second-order valence-electron chi connectivity index (χ2n) is 13.0. The molecule has 4 N–H and O–H groups in total. The minimum atomic E-state index is -2.27. The molecule has 13 heteroatoms. The maximum Gasteiger partial charge on any atom is 0.335 e. The molecule has 0 spiro atoms. The van der Waals surface area contributed by atoms with E-state index in [4.69, 9.17) is 21.4 Å². The summed E-state index contributed by atoms with van der Waals surface area (Å²) in [6.07, 6.45) is -0.855. The van der Waals surface area contributed by atoms with Gasteiger partial charge < -0.3 is 35.2 Å². The van der Waals surface area contributed by atoms with Crippen LogP contribution >= 0.6 is 27.5 Å². The number of aliphatic carboxylic acids is 1. The van der Waals surface area contributed by atoms with Gasteiger partial charge in [0.25, 0.3) is 11.8 Å². The smallest absolute Gasteiger partial charge is 0.335 e. The first kappa shape index (κ1) is 36.0. The van der Waals surface area contributed by atoms with Gasteiger partial charge in [0.2, 0.25) is 0 Å². The van der Waals surface area contributed by atoms with E-state index in [0.29, 0.717) is 46.8 Å². The third kappa shape index (κ3) is 8.21. The van der Waals surface area contributed by atoms with Crippen LogP contribution in [0.4, 0.5) is 4.39 Å². The number of nitrogens with one attached hydrogen (secondary N) is 1. The molecule has 1 unspecified atom stereocenters. The number of hydrogen-bond acceptors (Lipinski definition) is 7. The lowest BCUT2D eigenvalue weighted by atomic mass is 9.82. The molecule has 2 bridgehead atoms. The number of carbonyl (C=O) groups is 3. The Hall–Kier alpha value is -3.81. The maximum atomic E-state index is 14.7. The van der Waals surface area contributed by atoms with Crippen molar-refractivity contribution in [2.45, 2.75) is 69.0 Å². The van der Waals surface area contributed by atoms with Crippen molar-refractivity contribution in [2.75, 3.05) is 19.7 Å². The summed E-state index contributed by atoms with van der Waals surface area (Å²) in [6, 6.07) is 18.9. The summed E-state index contributed by atoms with van der Waals surface area (Å²) in [4.78, 5) is 42.3. The summed E-state index contributed by atoms with van der Waals surface area (Å²) < 4.78 is 20.1. The van der Waals surface area contributed by atoms with E-state index in [1.54, 1.807) is 12.1 Å². The highest BCUT2D eigenvalue weighted by atomic mass is 79.9. The van der Waals surface area contributed by atoms with Crippen molar-refractivity contribution >= 4 is 50.9 Å². The molecule has 0 aromatic heterocycles. The standard InChI is InChI=1S/C37H38BrClFN3O7/c38-28-14-11-24(40)16-31(28)50-15-3-4-21-7-9-22(10-8-21)27-17-25-19-42(36(47)33(44)34(45)37(48)49)20-30(41-25)32(27)35(46)43(26-12-13-26)18-23-5-1-2-6-29(23)39/h1-2,5-11,14,16,25-26,30,33-34,41,44-45H,3-4,12-13,15,17-20H2,(H,48,49)/t25-,30-,33-,34?/m1/s1. The molecule has 2 heterocycles.